The summed E-state index contributed by atoms with van der Waals surface area (Å²) in [6, 6.07) is 0. The lowest BCUT2D eigenvalue weighted by Crippen LogP contribution is -2.62. The molecule has 1 saturated heterocycles. The van der Waals surface area contributed by atoms with E-state index in [4.69, 9.17) is 10.5 Å². The van der Waals surface area contributed by atoms with Crippen molar-refractivity contribution in [1.29, 1.82) is 0 Å². The summed E-state index contributed by atoms with van der Waals surface area (Å²) in [6.45, 7) is 7.86. The molecule has 106 valence electrons. The number of likely N-dealkylation sites (tertiary alicyclic amines) is 1. The molecule has 1 heterocycles. The first-order chi connectivity index (χ1) is 8.64. The van der Waals surface area contributed by atoms with Crippen LogP contribution >= 0.6 is 0 Å². The monoisotopic (exact) mass is 254 g/mol. The molecule has 0 aromatic heterocycles. The molecule has 1 saturated carbocycles. The Labute approximate surface area is 112 Å². The molecule has 0 bridgehead atoms. The van der Waals surface area contributed by atoms with Gasteiger partial charge in [0.15, 0.2) is 0 Å². The lowest BCUT2D eigenvalue weighted by molar-refractivity contribution is -0.0686. The highest BCUT2D eigenvalue weighted by molar-refractivity contribution is 5.03. The van der Waals surface area contributed by atoms with Gasteiger partial charge in [-0.2, -0.15) is 0 Å². The molecule has 0 radical (unpaired) electrons. The van der Waals surface area contributed by atoms with Crippen LogP contribution in [0.5, 0.6) is 0 Å². The fourth-order valence-corrected chi connectivity index (χ4v) is 3.99. The van der Waals surface area contributed by atoms with Crippen molar-refractivity contribution < 1.29 is 4.74 Å². The second kappa shape index (κ2) is 5.89. The van der Waals surface area contributed by atoms with Gasteiger partial charge in [-0.3, -0.25) is 4.90 Å². The minimum atomic E-state index is 0.122. The highest BCUT2D eigenvalue weighted by atomic mass is 16.5. The summed E-state index contributed by atoms with van der Waals surface area (Å²) in [7, 11) is 1.86. The van der Waals surface area contributed by atoms with Crippen LogP contribution in [0.25, 0.3) is 0 Å². The van der Waals surface area contributed by atoms with E-state index >= 15 is 0 Å². The molecule has 3 heteroatoms. The highest BCUT2D eigenvalue weighted by Crippen LogP contribution is 2.39. The maximum Gasteiger partial charge on any atom is 0.0767 e. The second-order valence-corrected chi connectivity index (χ2v) is 6.52. The molecule has 18 heavy (non-hydrogen) atoms. The van der Waals surface area contributed by atoms with Crippen LogP contribution in [0.4, 0.5) is 0 Å². The molecule has 0 amide bonds. The molecule has 1 aliphatic heterocycles. The predicted octanol–water partition coefficient (Wildman–Crippen LogP) is 2.25. The fourth-order valence-electron chi connectivity index (χ4n) is 3.99. The van der Waals surface area contributed by atoms with E-state index in [9.17, 15) is 0 Å². The van der Waals surface area contributed by atoms with Gasteiger partial charge in [0.25, 0.3) is 0 Å². The number of rotatable bonds is 4. The van der Waals surface area contributed by atoms with Crippen molar-refractivity contribution in [2.75, 3.05) is 26.7 Å². The van der Waals surface area contributed by atoms with E-state index in [2.05, 4.69) is 18.7 Å². The summed E-state index contributed by atoms with van der Waals surface area (Å²) >= 11 is 0. The zero-order chi connectivity index (χ0) is 13.2. The SMILES string of the molecule is COC1CCCCC1(CN)N1CCC(C(C)C)C1. The van der Waals surface area contributed by atoms with Crippen molar-refractivity contribution in [3.05, 3.63) is 0 Å². The Bertz CT molecular complexity index is 269. The Morgan fingerprint density at radius 1 is 1.33 bits per heavy atom. The van der Waals surface area contributed by atoms with Gasteiger partial charge >= 0.3 is 0 Å². The summed E-state index contributed by atoms with van der Waals surface area (Å²) in [6.07, 6.45) is 6.66. The average Bonchev–Trinajstić information content (AvgIpc) is 2.88. The van der Waals surface area contributed by atoms with Gasteiger partial charge in [0.05, 0.1) is 11.6 Å². The fraction of sp³-hybridized carbons (Fsp3) is 1.00. The van der Waals surface area contributed by atoms with Crippen molar-refractivity contribution in [1.82, 2.24) is 4.90 Å². The van der Waals surface area contributed by atoms with Crippen LogP contribution in [0.15, 0.2) is 0 Å². The summed E-state index contributed by atoms with van der Waals surface area (Å²) in [5.74, 6) is 1.63. The summed E-state index contributed by atoms with van der Waals surface area (Å²) in [5.41, 5.74) is 6.31. The van der Waals surface area contributed by atoms with Crippen LogP contribution in [0.2, 0.25) is 0 Å². The van der Waals surface area contributed by atoms with Crippen molar-refractivity contribution in [3.8, 4) is 0 Å². The molecular formula is C15H30N2O. The van der Waals surface area contributed by atoms with Gasteiger partial charge in [-0.1, -0.05) is 26.7 Å². The van der Waals surface area contributed by atoms with Gasteiger partial charge in [0, 0.05) is 20.2 Å². The zero-order valence-corrected chi connectivity index (χ0v) is 12.3. The zero-order valence-electron chi connectivity index (χ0n) is 12.3. The number of methoxy groups -OCH3 is 1. The molecule has 3 unspecified atom stereocenters. The summed E-state index contributed by atoms with van der Waals surface area (Å²) < 4.78 is 5.78. The molecule has 0 aromatic rings. The van der Waals surface area contributed by atoms with Crippen LogP contribution < -0.4 is 5.73 Å². The molecule has 3 nitrogen and oxygen atoms in total. The highest BCUT2D eigenvalue weighted by Gasteiger charge is 2.47. The van der Waals surface area contributed by atoms with E-state index in [-0.39, 0.29) is 5.54 Å². The Hall–Kier alpha value is -0.120. The van der Waals surface area contributed by atoms with E-state index in [0.29, 0.717) is 6.10 Å². The summed E-state index contributed by atoms with van der Waals surface area (Å²) in [4.78, 5) is 2.66. The van der Waals surface area contributed by atoms with Gasteiger partial charge in [0.1, 0.15) is 0 Å². The first kappa shape index (κ1) is 14.3. The lowest BCUT2D eigenvalue weighted by atomic mass is 9.77. The van der Waals surface area contributed by atoms with E-state index in [0.717, 1.165) is 18.4 Å². The van der Waals surface area contributed by atoms with Crippen molar-refractivity contribution in [3.63, 3.8) is 0 Å². The van der Waals surface area contributed by atoms with E-state index in [1.54, 1.807) is 0 Å². The van der Waals surface area contributed by atoms with Crippen LogP contribution in [0, 0.1) is 11.8 Å². The van der Waals surface area contributed by atoms with Crippen LogP contribution in [-0.2, 0) is 4.74 Å². The van der Waals surface area contributed by atoms with E-state index in [1.165, 1.54) is 45.2 Å². The van der Waals surface area contributed by atoms with Gasteiger partial charge in [-0.25, -0.2) is 0 Å². The van der Waals surface area contributed by atoms with Gasteiger partial charge in [-0.15, -0.1) is 0 Å². The normalized spacial score (nSPS) is 38.5. The Balaban J connectivity index is 2.11. The Kier molecular flexibility index (Phi) is 4.68. The number of nitrogens with two attached hydrogens (primary N) is 1. The third kappa shape index (κ3) is 2.45. The largest absolute Gasteiger partial charge is 0.379 e. The Morgan fingerprint density at radius 3 is 2.67 bits per heavy atom. The smallest absolute Gasteiger partial charge is 0.0767 e. The predicted molar refractivity (Wildman–Crippen MR) is 75.6 cm³/mol. The lowest BCUT2D eigenvalue weighted by Gasteiger charge is -2.49. The molecular weight excluding hydrogens is 224 g/mol. The second-order valence-electron chi connectivity index (χ2n) is 6.52. The number of nitrogens with zero attached hydrogens (tertiary/aromatic N) is 1. The first-order valence-corrected chi connectivity index (χ1v) is 7.62. The topological polar surface area (TPSA) is 38.5 Å². The molecule has 0 spiro atoms. The number of hydrogen-bond acceptors (Lipinski definition) is 3. The van der Waals surface area contributed by atoms with Gasteiger partial charge in [0.2, 0.25) is 0 Å². The van der Waals surface area contributed by atoms with Crippen molar-refractivity contribution >= 4 is 0 Å². The number of ether oxygens (including phenoxy) is 1. The van der Waals surface area contributed by atoms with Crippen LogP contribution in [0.1, 0.15) is 46.0 Å². The third-order valence-corrected chi connectivity index (χ3v) is 5.36. The van der Waals surface area contributed by atoms with Gasteiger partial charge in [-0.05, 0) is 37.6 Å². The van der Waals surface area contributed by atoms with Crippen LogP contribution in [-0.4, -0.2) is 43.3 Å². The first-order valence-electron chi connectivity index (χ1n) is 7.62. The molecule has 3 atom stereocenters. The molecule has 0 aromatic carbocycles. The maximum atomic E-state index is 6.18. The van der Waals surface area contributed by atoms with E-state index < -0.39 is 0 Å². The minimum absolute atomic E-state index is 0.122. The molecule has 2 fully saturated rings. The summed E-state index contributed by atoms with van der Waals surface area (Å²) in [5, 5.41) is 0. The van der Waals surface area contributed by atoms with Crippen LogP contribution in [0.3, 0.4) is 0 Å². The third-order valence-electron chi connectivity index (χ3n) is 5.36. The van der Waals surface area contributed by atoms with Crippen molar-refractivity contribution in [2.45, 2.75) is 57.6 Å². The number of hydrogen-bond donors (Lipinski definition) is 1. The Morgan fingerprint density at radius 2 is 2.11 bits per heavy atom. The van der Waals surface area contributed by atoms with E-state index in [1.807, 2.05) is 7.11 Å². The minimum Gasteiger partial charge on any atom is -0.379 e. The molecule has 2 aliphatic rings. The molecule has 2 N–H and O–H groups in total. The molecule has 2 rings (SSSR count). The maximum absolute atomic E-state index is 6.18. The van der Waals surface area contributed by atoms with Gasteiger partial charge < -0.3 is 10.5 Å². The standard InChI is InChI=1S/C15H30N2O/c1-12(2)13-7-9-17(10-13)15(11-16)8-5-4-6-14(15)18-3/h12-14H,4-11,16H2,1-3H3. The molecule has 1 aliphatic carbocycles. The average molecular weight is 254 g/mol. The van der Waals surface area contributed by atoms with Crippen molar-refractivity contribution in [2.24, 2.45) is 17.6 Å². The quantitative estimate of drug-likeness (QED) is 0.836.